The fourth-order valence-corrected chi connectivity index (χ4v) is 1.72. The van der Waals surface area contributed by atoms with Gasteiger partial charge in [0.25, 0.3) is 0 Å². The lowest BCUT2D eigenvalue weighted by Crippen LogP contribution is -2.42. The summed E-state index contributed by atoms with van der Waals surface area (Å²) in [6, 6.07) is 2.16. The van der Waals surface area contributed by atoms with Crippen molar-refractivity contribution < 1.29 is 4.74 Å². The van der Waals surface area contributed by atoms with E-state index in [1.54, 1.807) is 0 Å². The molecule has 17 heavy (non-hydrogen) atoms. The van der Waals surface area contributed by atoms with Crippen LogP contribution in [-0.4, -0.2) is 37.2 Å². The van der Waals surface area contributed by atoms with Gasteiger partial charge in [0.2, 0.25) is 0 Å². The van der Waals surface area contributed by atoms with E-state index in [4.69, 9.17) is 10.00 Å². The number of ether oxygens (including phenoxy) is 1. The zero-order chi connectivity index (χ0) is 12.5. The highest BCUT2D eigenvalue weighted by Crippen LogP contribution is 2.07. The highest BCUT2D eigenvalue weighted by Gasteiger charge is 2.19. The van der Waals surface area contributed by atoms with Gasteiger partial charge in [-0.25, -0.2) is 0 Å². The molecule has 1 aliphatic rings. The van der Waals surface area contributed by atoms with Gasteiger partial charge >= 0.3 is 0 Å². The van der Waals surface area contributed by atoms with Crippen LogP contribution in [-0.2, 0) is 4.74 Å². The van der Waals surface area contributed by atoms with Gasteiger partial charge in [0.1, 0.15) is 0 Å². The van der Waals surface area contributed by atoms with Crippen LogP contribution < -0.4 is 0 Å². The smallest absolute Gasteiger partial charge is 0.156 e. The molecule has 0 N–H and O–H groups in total. The van der Waals surface area contributed by atoms with Crippen LogP contribution >= 0.6 is 0 Å². The van der Waals surface area contributed by atoms with Crippen molar-refractivity contribution in [1.29, 1.82) is 5.26 Å². The Kier molecular flexibility index (Phi) is 6.31. The summed E-state index contributed by atoms with van der Waals surface area (Å²) < 4.78 is 5.31. The van der Waals surface area contributed by atoms with Crippen LogP contribution in [0, 0.1) is 11.3 Å². The van der Waals surface area contributed by atoms with E-state index in [0.29, 0.717) is 13.2 Å². The summed E-state index contributed by atoms with van der Waals surface area (Å²) in [6.07, 6.45) is 9.90. The molecule has 0 saturated carbocycles. The number of rotatable bonds is 4. The third-order valence-electron chi connectivity index (χ3n) is 2.56. The summed E-state index contributed by atoms with van der Waals surface area (Å²) in [7, 11) is 0. The zero-order valence-electron chi connectivity index (χ0n) is 10.6. The Balaban J connectivity index is 2.40. The fourth-order valence-electron chi connectivity index (χ4n) is 1.72. The minimum Gasteiger partial charge on any atom is -0.361 e. The Morgan fingerprint density at radius 1 is 1.47 bits per heavy atom. The second kappa shape index (κ2) is 7.83. The van der Waals surface area contributed by atoms with E-state index in [1.165, 1.54) is 5.57 Å². The summed E-state index contributed by atoms with van der Waals surface area (Å²) in [6.45, 7) is 7.28. The average Bonchev–Trinajstić information content (AvgIpc) is 2.35. The summed E-state index contributed by atoms with van der Waals surface area (Å²) in [4.78, 5) is 2.26. The first kappa shape index (κ1) is 13.7. The molecule has 0 aromatic heterocycles. The van der Waals surface area contributed by atoms with Crippen LogP contribution in [0.3, 0.4) is 0 Å². The Labute approximate surface area is 104 Å². The number of nitrogens with zero attached hydrogens (tertiary/aromatic N) is 2. The van der Waals surface area contributed by atoms with Crippen molar-refractivity contribution in [2.75, 3.05) is 26.2 Å². The summed E-state index contributed by atoms with van der Waals surface area (Å²) in [5, 5.41) is 8.81. The molecule has 0 aromatic rings. The molecule has 3 heteroatoms. The van der Waals surface area contributed by atoms with Crippen molar-refractivity contribution in [2.24, 2.45) is 0 Å². The molecular formula is C14H20N2O. The van der Waals surface area contributed by atoms with Crippen molar-refractivity contribution in [3.05, 3.63) is 36.0 Å². The maximum atomic E-state index is 8.81. The lowest BCUT2D eigenvalue weighted by molar-refractivity contribution is 0.00423. The molecule has 0 spiro atoms. The van der Waals surface area contributed by atoms with Gasteiger partial charge in [0.15, 0.2) is 6.10 Å². The SMILES string of the molecule is C\C=C/C=C\C=C(/C)CN1CCOC(C#N)C1. The molecule has 0 bridgehead atoms. The van der Waals surface area contributed by atoms with Gasteiger partial charge in [-0.05, 0) is 13.8 Å². The van der Waals surface area contributed by atoms with Gasteiger partial charge in [0.05, 0.1) is 12.7 Å². The average molecular weight is 232 g/mol. The number of nitriles is 1. The molecule has 1 atom stereocenters. The molecule has 0 aromatic carbocycles. The van der Waals surface area contributed by atoms with E-state index in [2.05, 4.69) is 24.0 Å². The van der Waals surface area contributed by atoms with E-state index >= 15 is 0 Å². The molecule has 0 radical (unpaired) electrons. The van der Waals surface area contributed by atoms with Gasteiger partial charge < -0.3 is 4.74 Å². The molecule has 92 valence electrons. The Hall–Kier alpha value is -1.37. The molecule has 3 nitrogen and oxygen atoms in total. The number of allylic oxidation sites excluding steroid dienone is 5. The van der Waals surface area contributed by atoms with Crippen LogP contribution in [0.15, 0.2) is 36.0 Å². The third-order valence-corrected chi connectivity index (χ3v) is 2.56. The van der Waals surface area contributed by atoms with Crippen molar-refractivity contribution in [2.45, 2.75) is 20.0 Å². The Morgan fingerprint density at radius 3 is 3.00 bits per heavy atom. The van der Waals surface area contributed by atoms with E-state index in [-0.39, 0.29) is 6.10 Å². The summed E-state index contributed by atoms with van der Waals surface area (Å²) in [5.41, 5.74) is 1.30. The van der Waals surface area contributed by atoms with E-state index in [0.717, 1.165) is 13.1 Å². The zero-order valence-corrected chi connectivity index (χ0v) is 10.6. The van der Waals surface area contributed by atoms with E-state index in [1.807, 2.05) is 31.2 Å². The highest BCUT2D eigenvalue weighted by atomic mass is 16.5. The van der Waals surface area contributed by atoms with Crippen LogP contribution in [0.1, 0.15) is 13.8 Å². The van der Waals surface area contributed by atoms with Gasteiger partial charge in [-0.3, -0.25) is 4.90 Å². The van der Waals surface area contributed by atoms with Crippen LogP contribution in [0.2, 0.25) is 0 Å². The second-order valence-corrected chi connectivity index (χ2v) is 4.15. The van der Waals surface area contributed by atoms with Crippen LogP contribution in [0.25, 0.3) is 0 Å². The Bertz CT molecular complexity index is 350. The molecule has 1 aliphatic heterocycles. The molecule has 1 unspecified atom stereocenters. The lowest BCUT2D eigenvalue weighted by Gasteiger charge is -2.29. The number of morpholine rings is 1. The lowest BCUT2D eigenvalue weighted by atomic mass is 10.2. The van der Waals surface area contributed by atoms with Crippen LogP contribution in [0.4, 0.5) is 0 Å². The monoisotopic (exact) mass is 232 g/mol. The molecule has 0 aliphatic carbocycles. The summed E-state index contributed by atoms with van der Waals surface area (Å²) in [5.74, 6) is 0. The Morgan fingerprint density at radius 2 is 2.29 bits per heavy atom. The molecule has 0 amide bonds. The molecule has 1 rings (SSSR count). The predicted octanol–water partition coefficient (Wildman–Crippen LogP) is 2.29. The van der Waals surface area contributed by atoms with Crippen molar-refractivity contribution in [3.8, 4) is 6.07 Å². The van der Waals surface area contributed by atoms with Gasteiger partial charge in [-0.15, -0.1) is 0 Å². The minimum absolute atomic E-state index is 0.268. The first-order valence-electron chi connectivity index (χ1n) is 5.95. The maximum Gasteiger partial charge on any atom is 0.156 e. The van der Waals surface area contributed by atoms with E-state index < -0.39 is 0 Å². The van der Waals surface area contributed by atoms with Gasteiger partial charge in [-0.2, -0.15) is 5.26 Å². The first-order chi connectivity index (χ1) is 8.26. The minimum atomic E-state index is -0.268. The van der Waals surface area contributed by atoms with E-state index in [9.17, 15) is 0 Å². The fraction of sp³-hybridized carbons (Fsp3) is 0.500. The van der Waals surface area contributed by atoms with Gasteiger partial charge in [-0.1, -0.05) is 36.0 Å². The second-order valence-electron chi connectivity index (χ2n) is 4.15. The molecular weight excluding hydrogens is 212 g/mol. The normalized spacial score (nSPS) is 23.4. The van der Waals surface area contributed by atoms with Crippen molar-refractivity contribution >= 4 is 0 Å². The first-order valence-corrected chi connectivity index (χ1v) is 5.95. The maximum absolute atomic E-state index is 8.81. The molecule has 1 fully saturated rings. The molecule has 1 heterocycles. The number of hydrogen-bond acceptors (Lipinski definition) is 3. The molecule has 1 saturated heterocycles. The highest BCUT2D eigenvalue weighted by molar-refractivity contribution is 5.16. The van der Waals surface area contributed by atoms with Gasteiger partial charge in [0, 0.05) is 19.6 Å². The van der Waals surface area contributed by atoms with Crippen molar-refractivity contribution in [3.63, 3.8) is 0 Å². The summed E-state index contributed by atoms with van der Waals surface area (Å²) >= 11 is 0. The quantitative estimate of drug-likeness (QED) is 0.698. The van der Waals surface area contributed by atoms with Crippen LogP contribution in [0.5, 0.6) is 0 Å². The largest absolute Gasteiger partial charge is 0.361 e. The topological polar surface area (TPSA) is 36.3 Å². The predicted molar refractivity (Wildman–Crippen MR) is 69.5 cm³/mol. The standard InChI is InChI=1S/C14H20N2O/c1-3-4-5-6-7-13(2)11-16-8-9-17-14(10-15)12-16/h3-7,14H,8-9,11-12H2,1-2H3/b4-3-,6-5-,13-7+. The number of hydrogen-bond donors (Lipinski definition) is 0. The van der Waals surface area contributed by atoms with Crippen molar-refractivity contribution in [1.82, 2.24) is 4.90 Å². The third kappa shape index (κ3) is 5.48.